The van der Waals surface area contributed by atoms with Crippen LogP contribution < -0.4 is 10.6 Å². The van der Waals surface area contributed by atoms with Gasteiger partial charge in [0.15, 0.2) is 5.76 Å². The normalized spacial score (nSPS) is 12.5. The highest BCUT2D eigenvalue weighted by Crippen LogP contribution is 2.23. The zero-order chi connectivity index (χ0) is 28.8. The van der Waals surface area contributed by atoms with E-state index in [-0.39, 0.29) is 18.3 Å². The van der Waals surface area contributed by atoms with Gasteiger partial charge in [0.05, 0.1) is 24.2 Å². The van der Waals surface area contributed by atoms with Gasteiger partial charge in [-0.1, -0.05) is 45.2 Å². The summed E-state index contributed by atoms with van der Waals surface area (Å²) in [6, 6.07) is 9.17. The first-order chi connectivity index (χ1) is 18.7. The van der Waals surface area contributed by atoms with Crippen molar-refractivity contribution in [2.45, 2.75) is 52.0 Å². The number of likely N-dealkylation sites (N-methyl/N-ethyl adjacent to an activating group) is 1. The van der Waals surface area contributed by atoms with Crippen LogP contribution in [-0.2, 0) is 14.3 Å². The molecule has 3 N–H and O–H groups in total. The van der Waals surface area contributed by atoms with Crippen molar-refractivity contribution in [2.24, 2.45) is 5.92 Å². The molecule has 1 aromatic heterocycles. The summed E-state index contributed by atoms with van der Waals surface area (Å²) < 4.78 is 10.9. The number of nitrogens with one attached hydrogen (secondary N) is 2. The Morgan fingerprint density at radius 3 is 2.38 bits per heavy atom. The van der Waals surface area contributed by atoms with Gasteiger partial charge in [-0.25, -0.2) is 9.86 Å². The molecule has 2 unspecified atom stereocenters. The van der Waals surface area contributed by atoms with E-state index in [9.17, 15) is 24.4 Å². The van der Waals surface area contributed by atoms with Crippen LogP contribution in [0.3, 0.4) is 0 Å². The summed E-state index contributed by atoms with van der Waals surface area (Å²) in [5, 5.41) is 15.7. The van der Waals surface area contributed by atoms with Crippen LogP contribution in [0.2, 0.25) is 0 Å². The van der Waals surface area contributed by atoms with Crippen LogP contribution in [0.1, 0.15) is 66.9 Å². The Morgan fingerprint density at radius 2 is 1.77 bits per heavy atom. The van der Waals surface area contributed by atoms with Crippen LogP contribution in [0, 0.1) is 5.92 Å². The van der Waals surface area contributed by atoms with Gasteiger partial charge in [0.2, 0.25) is 12.3 Å². The third-order valence-corrected chi connectivity index (χ3v) is 6.30. The van der Waals surface area contributed by atoms with Crippen molar-refractivity contribution >= 4 is 24.2 Å². The first-order valence-corrected chi connectivity index (χ1v) is 13.2. The summed E-state index contributed by atoms with van der Waals surface area (Å²) in [5.74, 6) is -1.42. The van der Waals surface area contributed by atoms with E-state index in [4.69, 9.17) is 9.15 Å². The molecule has 0 radical (unpaired) electrons. The van der Waals surface area contributed by atoms with Gasteiger partial charge in [-0.05, 0) is 51.2 Å². The summed E-state index contributed by atoms with van der Waals surface area (Å²) >= 11 is 0. The third-order valence-electron chi connectivity index (χ3n) is 6.30. The lowest BCUT2D eigenvalue weighted by Gasteiger charge is -2.29. The summed E-state index contributed by atoms with van der Waals surface area (Å²) in [7, 11) is 3.79. The monoisotopic (exact) mass is 544 g/mol. The molecule has 0 bridgehead atoms. The molecule has 2 aromatic rings. The Balaban J connectivity index is 1.93. The number of ether oxygens (including phenoxy) is 1. The van der Waals surface area contributed by atoms with Crippen molar-refractivity contribution in [1.82, 2.24) is 20.6 Å². The number of hydrogen-bond donors (Lipinski definition) is 3. The number of carbonyl (C=O) groups excluding carboxylic acids is 4. The second kappa shape index (κ2) is 16.3. The predicted octanol–water partition coefficient (Wildman–Crippen LogP) is 3.29. The van der Waals surface area contributed by atoms with Gasteiger partial charge in [-0.2, -0.15) is 0 Å². The number of carbonyl (C=O) groups is 4. The number of esters is 1. The van der Waals surface area contributed by atoms with Crippen molar-refractivity contribution < 1.29 is 33.5 Å². The smallest absolute Gasteiger partial charge is 0.338 e. The molecule has 0 saturated heterocycles. The minimum absolute atomic E-state index is 0.0554. The number of benzene rings is 1. The zero-order valence-corrected chi connectivity index (χ0v) is 23.1. The highest BCUT2D eigenvalue weighted by Gasteiger charge is 2.30. The quantitative estimate of drug-likeness (QED) is 0.0688. The molecule has 11 heteroatoms. The Kier molecular flexibility index (Phi) is 13.2. The number of unbranched alkanes of at least 4 members (excludes halogenated alkanes) is 2. The number of hydroxylamine groups is 2. The van der Waals surface area contributed by atoms with Crippen LogP contribution in [0.5, 0.6) is 0 Å². The lowest BCUT2D eigenvalue weighted by atomic mass is 9.90. The van der Waals surface area contributed by atoms with Crippen molar-refractivity contribution in [3.63, 3.8) is 0 Å². The Morgan fingerprint density at radius 1 is 1.05 bits per heavy atom. The average Bonchev–Trinajstić information content (AvgIpc) is 3.42. The van der Waals surface area contributed by atoms with Gasteiger partial charge >= 0.3 is 5.97 Å². The predicted molar refractivity (Wildman–Crippen MR) is 145 cm³/mol. The van der Waals surface area contributed by atoms with Gasteiger partial charge in [-0.3, -0.25) is 19.6 Å². The maximum Gasteiger partial charge on any atom is 0.338 e. The molecule has 0 aliphatic carbocycles. The van der Waals surface area contributed by atoms with E-state index >= 15 is 0 Å². The second-order valence-electron chi connectivity index (χ2n) is 9.47. The van der Waals surface area contributed by atoms with Gasteiger partial charge < -0.3 is 24.7 Å². The van der Waals surface area contributed by atoms with E-state index in [0.29, 0.717) is 54.4 Å². The number of furan rings is 1. The van der Waals surface area contributed by atoms with Crippen molar-refractivity contribution in [3.05, 3.63) is 47.7 Å². The van der Waals surface area contributed by atoms with Crippen molar-refractivity contribution in [2.75, 3.05) is 33.9 Å². The van der Waals surface area contributed by atoms with Gasteiger partial charge in [-0.15, -0.1) is 0 Å². The Labute approximate surface area is 229 Å². The Hall–Kier alpha value is -3.70. The third kappa shape index (κ3) is 9.84. The summed E-state index contributed by atoms with van der Waals surface area (Å²) in [5.41, 5.74) is 1.09. The fraction of sp³-hybridized carbons (Fsp3) is 0.500. The molecule has 2 rings (SSSR count). The summed E-state index contributed by atoms with van der Waals surface area (Å²) in [6.07, 6.45) is 3.88. The van der Waals surface area contributed by atoms with Crippen LogP contribution in [-0.4, -0.2) is 79.3 Å². The Bertz CT molecular complexity index is 1070. The van der Waals surface area contributed by atoms with E-state index in [1.54, 1.807) is 37.3 Å². The van der Waals surface area contributed by atoms with Gasteiger partial charge in [0.1, 0.15) is 12.4 Å². The molecule has 1 heterocycles. The number of rotatable bonds is 17. The average molecular weight is 545 g/mol. The maximum absolute atomic E-state index is 12.9. The van der Waals surface area contributed by atoms with Crippen molar-refractivity contribution in [1.29, 1.82) is 0 Å². The van der Waals surface area contributed by atoms with Crippen LogP contribution in [0.25, 0.3) is 11.3 Å². The molecule has 3 amide bonds. The summed E-state index contributed by atoms with van der Waals surface area (Å²) in [4.78, 5) is 50.6. The van der Waals surface area contributed by atoms with E-state index in [2.05, 4.69) is 10.6 Å². The number of hydrogen-bond acceptors (Lipinski definition) is 8. The van der Waals surface area contributed by atoms with Crippen molar-refractivity contribution in [3.8, 4) is 11.3 Å². The largest absolute Gasteiger partial charge is 0.461 e. The molecule has 0 spiro atoms. The van der Waals surface area contributed by atoms with Gasteiger partial charge in [0, 0.05) is 12.1 Å². The highest BCUT2D eigenvalue weighted by atomic mass is 16.5. The molecule has 0 saturated carbocycles. The minimum atomic E-state index is -0.658. The maximum atomic E-state index is 12.9. The van der Waals surface area contributed by atoms with Crippen LogP contribution in [0.15, 0.2) is 40.8 Å². The van der Waals surface area contributed by atoms with E-state index in [1.165, 1.54) is 6.07 Å². The molecule has 2 atom stereocenters. The molecular formula is C28H40N4O7. The zero-order valence-electron chi connectivity index (χ0n) is 23.1. The number of nitrogens with zero attached hydrogens (tertiary/aromatic N) is 2. The molecule has 214 valence electrons. The van der Waals surface area contributed by atoms with E-state index in [1.807, 2.05) is 25.9 Å². The lowest BCUT2D eigenvalue weighted by Crippen LogP contribution is -2.47. The topological polar surface area (TPSA) is 141 Å². The SMILES string of the molecule is CCCCCC(C(=O)NCNC(=O)c1ccc(-c2ccc(C(=O)OCCN(C)C)cc2)o1)C(CC)N(O)C=O. The van der Waals surface area contributed by atoms with Gasteiger partial charge in [0.25, 0.3) is 5.91 Å². The summed E-state index contributed by atoms with van der Waals surface area (Å²) in [6.45, 7) is 4.61. The fourth-order valence-electron chi connectivity index (χ4n) is 4.07. The van der Waals surface area contributed by atoms with Crippen LogP contribution >= 0.6 is 0 Å². The number of amides is 3. The molecule has 1 aromatic carbocycles. The fourth-order valence-corrected chi connectivity index (χ4v) is 4.07. The molecular weight excluding hydrogens is 504 g/mol. The molecule has 11 nitrogen and oxygen atoms in total. The molecule has 0 aliphatic heterocycles. The molecule has 0 fully saturated rings. The molecule has 0 aliphatic rings. The second-order valence-corrected chi connectivity index (χ2v) is 9.47. The van der Waals surface area contributed by atoms with Crippen LogP contribution in [0.4, 0.5) is 0 Å². The standard InChI is InChI=1S/C28H40N4O7/c1-5-7-8-9-22(23(6-2)32(37)19-33)26(34)29-18-30-27(35)25-15-14-24(39-25)20-10-12-21(13-11-20)28(36)38-17-16-31(3)4/h10-15,19,22-23,37H,5-9,16-18H2,1-4H3,(H,29,34)(H,30,35). The minimum Gasteiger partial charge on any atom is -0.461 e. The van der Waals surface area contributed by atoms with E-state index in [0.717, 1.165) is 19.3 Å². The molecule has 39 heavy (non-hydrogen) atoms. The first-order valence-electron chi connectivity index (χ1n) is 13.2. The first kappa shape index (κ1) is 31.5. The lowest BCUT2D eigenvalue weighted by molar-refractivity contribution is -0.168. The van der Waals surface area contributed by atoms with E-state index < -0.39 is 23.8 Å². The highest BCUT2D eigenvalue weighted by molar-refractivity contribution is 5.92.